The average molecular weight is 358 g/mol. The molecule has 2 aromatic rings. The highest BCUT2D eigenvalue weighted by Crippen LogP contribution is 2.44. The number of carbonyl (C=O) groups excluding carboxylic acids is 1. The minimum absolute atomic E-state index is 0.0818. The van der Waals surface area contributed by atoms with Crippen LogP contribution >= 0.6 is 0 Å². The number of carbonyl (C=O) groups is 1. The second kappa shape index (κ2) is 5.31. The first-order valence-corrected chi connectivity index (χ1v) is 9.47. The number of amides is 1. The molecule has 1 N–H and O–H groups in total. The normalized spacial score (nSPS) is 20.5. The lowest BCUT2D eigenvalue weighted by Crippen LogP contribution is -2.28. The minimum atomic E-state index is -3.79. The van der Waals surface area contributed by atoms with Crippen LogP contribution in [-0.4, -0.2) is 33.0 Å². The summed E-state index contributed by atoms with van der Waals surface area (Å²) >= 11 is 0. The number of anilines is 2. The van der Waals surface area contributed by atoms with E-state index in [-0.39, 0.29) is 10.8 Å². The summed E-state index contributed by atoms with van der Waals surface area (Å²) in [5, 5.41) is 10.9. The van der Waals surface area contributed by atoms with E-state index in [4.69, 9.17) is 0 Å². The Hall–Kier alpha value is -2.38. The van der Waals surface area contributed by atoms with Crippen LogP contribution in [0.5, 0.6) is 0 Å². The number of hydrogen-bond acceptors (Lipinski definition) is 4. The summed E-state index contributed by atoms with van der Waals surface area (Å²) in [5.41, 5.74) is 2.97. The molecular weight excluding hydrogens is 340 g/mol. The standard InChI is InChI=1S/C18H18N2O4S/c1-11(21)20-8-7-12-9-14-16(10-15(12)20)19(2)25(23,24)17-6-4-3-5-13(17)18(14)22/h3-6,9-10,18,22H,7-8H2,1-2H3. The Bertz CT molecular complexity index is 1000. The Balaban J connectivity index is 2.00. The Labute approximate surface area is 146 Å². The first-order valence-electron chi connectivity index (χ1n) is 8.03. The smallest absolute Gasteiger partial charge is 0.264 e. The van der Waals surface area contributed by atoms with Crippen molar-refractivity contribution < 1.29 is 18.3 Å². The fourth-order valence-electron chi connectivity index (χ4n) is 3.65. The van der Waals surface area contributed by atoms with Gasteiger partial charge in [-0.2, -0.15) is 0 Å². The average Bonchev–Trinajstić information content (AvgIpc) is 3.00. The molecule has 6 nitrogen and oxygen atoms in total. The third-order valence-electron chi connectivity index (χ3n) is 4.99. The summed E-state index contributed by atoms with van der Waals surface area (Å²) in [5.74, 6) is -0.0818. The SMILES string of the molecule is CC(=O)N1CCc2cc3c(cc21)N(C)S(=O)(=O)c1ccccc1C3O. The van der Waals surface area contributed by atoms with Crippen molar-refractivity contribution in [3.63, 3.8) is 0 Å². The van der Waals surface area contributed by atoms with Crippen molar-refractivity contribution in [2.45, 2.75) is 24.3 Å². The van der Waals surface area contributed by atoms with Gasteiger partial charge in [0.15, 0.2) is 0 Å². The maximum Gasteiger partial charge on any atom is 0.264 e. The zero-order valence-electron chi connectivity index (χ0n) is 13.9. The van der Waals surface area contributed by atoms with Crippen LogP contribution < -0.4 is 9.21 Å². The van der Waals surface area contributed by atoms with Crippen LogP contribution in [0.25, 0.3) is 0 Å². The molecule has 2 heterocycles. The van der Waals surface area contributed by atoms with E-state index >= 15 is 0 Å². The number of aliphatic hydroxyl groups excluding tert-OH is 1. The minimum Gasteiger partial charge on any atom is -0.384 e. The summed E-state index contributed by atoms with van der Waals surface area (Å²) in [6.07, 6.45) is -0.352. The van der Waals surface area contributed by atoms with Gasteiger partial charge >= 0.3 is 0 Å². The van der Waals surface area contributed by atoms with Crippen molar-refractivity contribution in [2.75, 3.05) is 22.8 Å². The number of aliphatic hydroxyl groups is 1. The molecule has 2 aliphatic heterocycles. The predicted molar refractivity (Wildman–Crippen MR) is 94.3 cm³/mol. The lowest BCUT2D eigenvalue weighted by molar-refractivity contribution is -0.116. The molecular formula is C18H18N2O4S. The van der Waals surface area contributed by atoms with E-state index in [0.29, 0.717) is 35.5 Å². The molecule has 4 rings (SSSR count). The van der Waals surface area contributed by atoms with E-state index in [1.165, 1.54) is 24.3 Å². The molecule has 0 aromatic heterocycles. The van der Waals surface area contributed by atoms with Gasteiger partial charge in [-0.25, -0.2) is 8.42 Å². The van der Waals surface area contributed by atoms with Gasteiger partial charge in [-0.15, -0.1) is 0 Å². The van der Waals surface area contributed by atoms with Crippen LogP contribution in [0.2, 0.25) is 0 Å². The summed E-state index contributed by atoms with van der Waals surface area (Å²) in [6, 6.07) is 10.0. The van der Waals surface area contributed by atoms with Crippen molar-refractivity contribution in [1.29, 1.82) is 0 Å². The van der Waals surface area contributed by atoms with Crippen molar-refractivity contribution in [3.05, 3.63) is 53.1 Å². The molecule has 0 saturated carbocycles. The van der Waals surface area contributed by atoms with Crippen LogP contribution in [0.3, 0.4) is 0 Å². The third-order valence-corrected chi connectivity index (χ3v) is 6.83. The number of fused-ring (bicyclic) bond motifs is 3. The highest BCUT2D eigenvalue weighted by Gasteiger charge is 2.36. The molecule has 0 bridgehead atoms. The van der Waals surface area contributed by atoms with E-state index in [1.54, 1.807) is 29.2 Å². The predicted octanol–water partition coefficient (Wildman–Crippen LogP) is 1.82. The Kier molecular flexibility index (Phi) is 3.42. The van der Waals surface area contributed by atoms with Crippen LogP contribution in [0.1, 0.15) is 29.7 Å². The molecule has 0 radical (unpaired) electrons. The zero-order valence-corrected chi connectivity index (χ0v) is 14.7. The molecule has 0 fully saturated rings. The quantitative estimate of drug-likeness (QED) is 0.779. The zero-order chi connectivity index (χ0) is 17.9. The fourth-order valence-corrected chi connectivity index (χ4v) is 5.09. The molecule has 0 spiro atoms. The second-order valence-corrected chi connectivity index (χ2v) is 8.31. The van der Waals surface area contributed by atoms with Gasteiger partial charge in [-0.1, -0.05) is 18.2 Å². The van der Waals surface area contributed by atoms with E-state index in [9.17, 15) is 18.3 Å². The van der Waals surface area contributed by atoms with Gasteiger partial charge < -0.3 is 10.0 Å². The van der Waals surface area contributed by atoms with Gasteiger partial charge in [0, 0.05) is 37.3 Å². The summed E-state index contributed by atoms with van der Waals surface area (Å²) in [4.78, 5) is 13.6. The van der Waals surface area contributed by atoms with E-state index in [1.807, 2.05) is 6.07 Å². The van der Waals surface area contributed by atoms with Gasteiger partial charge in [-0.05, 0) is 30.2 Å². The summed E-state index contributed by atoms with van der Waals surface area (Å²) in [6.45, 7) is 2.06. The molecule has 25 heavy (non-hydrogen) atoms. The Morgan fingerprint density at radius 1 is 1.16 bits per heavy atom. The van der Waals surface area contributed by atoms with Crippen molar-refractivity contribution in [1.82, 2.24) is 0 Å². The van der Waals surface area contributed by atoms with Crippen LogP contribution in [0.15, 0.2) is 41.3 Å². The first kappa shape index (κ1) is 16.1. The van der Waals surface area contributed by atoms with E-state index in [0.717, 1.165) is 5.56 Å². The van der Waals surface area contributed by atoms with Crippen molar-refractivity contribution in [2.24, 2.45) is 0 Å². The summed E-state index contributed by atoms with van der Waals surface area (Å²) in [7, 11) is -2.31. The molecule has 0 aliphatic carbocycles. The van der Waals surface area contributed by atoms with Crippen LogP contribution in [-0.2, 0) is 21.2 Å². The van der Waals surface area contributed by atoms with E-state index in [2.05, 4.69) is 0 Å². The molecule has 1 unspecified atom stereocenters. The first-order chi connectivity index (χ1) is 11.8. The van der Waals surface area contributed by atoms with Gasteiger partial charge in [0.25, 0.3) is 10.0 Å². The number of benzene rings is 2. The topological polar surface area (TPSA) is 77.9 Å². The summed E-state index contributed by atoms with van der Waals surface area (Å²) < 4.78 is 27.2. The lowest BCUT2D eigenvalue weighted by Gasteiger charge is -2.23. The molecule has 2 aliphatic rings. The van der Waals surface area contributed by atoms with Crippen LogP contribution in [0.4, 0.5) is 11.4 Å². The largest absolute Gasteiger partial charge is 0.384 e. The maximum atomic E-state index is 13.0. The molecule has 7 heteroatoms. The lowest BCUT2D eigenvalue weighted by atomic mass is 9.96. The molecule has 2 aromatic carbocycles. The van der Waals surface area contributed by atoms with Crippen molar-refractivity contribution in [3.8, 4) is 0 Å². The number of rotatable bonds is 0. The Morgan fingerprint density at radius 2 is 1.88 bits per heavy atom. The molecule has 0 saturated heterocycles. The number of sulfonamides is 1. The van der Waals surface area contributed by atoms with Crippen molar-refractivity contribution >= 4 is 27.3 Å². The second-order valence-electron chi connectivity index (χ2n) is 6.37. The number of hydrogen-bond donors (Lipinski definition) is 1. The molecule has 1 amide bonds. The highest BCUT2D eigenvalue weighted by molar-refractivity contribution is 7.92. The highest BCUT2D eigenvalue weighted by atomic mass is 32.2. The van der Waals surface area contributed by atoms with E-state index < -0.39 is 16.1 Å². The van der Waals surface area contributed by atoms with Crippen LogP contribution in [0, 0.1) is 0 Å². The molecule has 130 valence electrons. The van der Waals surface area contributed by atoms with Gasteiger partial charge in [0.05, 0.1) is 10.6 Å². The fraction of sp³-hybridized carbons (Fsp3) is 0.278. The molecule has 1 atom stereocenters. The van der Waals surface area contributed by atoms with Gasteiger partial charge in [-0.3, -0.25) is 9.10 Å². The monoisotopic (exact) mass is 358 g/mol. The van der Waals surface area contributed by atoms with Gasteiger partial charge in [0.2, 0.25) is 5.91 Å². The third kappa shape index (κ3) is 2.19. The van der Waals surface area contributed by atoms with Gasteiger partial charge in [0.1, 0.15) is 6.10 Å². The Morgan fingerprint density at radius 3 is 2.60 bits per heavy atom. The maximum absolute atomic E-state index is 13.0. The number of nitrogens with zero attached hydrogens (tertiary/aromatic N) is 2.